The van der Waals surface area contributed by atoms with Crippen molar-refractivity contribution in [2.24, 2.45) is 0 Å². The lowest BCUT2D eigenvalue weighted by Gasteiger charge is -2.04. The van der Waals surface area contributed by atoms with Gasteiger partial charge in [0.1, 0.15) is 10.7 Å². The van der Waals surface area contributed by atoms with Crippen molar-refractivity contribution in [3.05, 3.63) is 16.1 Å². The van der Waals surface area contributed by atoms with E-state index in [9.17, 15) is 4.79 Å². The molecule has 1 rings (SSSR count). The maximum atomic E-state index is 10.2. The average molecular weight is 170 g/mol. The first kappa shape index (κ1) is 8.36. The summed E-state index contributed by atoms with van der Waals surface area (Å²) < 4.78 is 0. The van der Waals surface area contributed by atoms with Gasteiger partial charge >= 0.3 is 0 Å². The lowest BCUT2D eigenvalue weighted by atomic mass is 10.5. The lowest BCUT2D eigenvalue weighted by molar-refractivity contribution is 0.111. The van der Waals surface area contributed by atoms with Crippen molar-refractivity contribution in [1.29, 1.82) is 0 Å². The highest BCUT2D eigenvalue weighted by Gasteiger charge is 2.00. The predicted octanol–water partition coefficient (Wildman–Crippen LogP) is 1.02. The zero-order valence-corrected chi connectivity index (χ0v) is 7.39. The van der Waals surface area contributed by atoms with Crippen LogP contribution in [0.4, 0.5) is 0 Å². The Hall–Kier alpha value is -0.740. The lowest BCUT2D eigenvalue weighted by Crippen LogP contribution is -2.10. The molecule has 0 aliphatic rings. The van der Waals surface area contributed by atoms with E-state index in [1.54, 1.807) is 5.38 Å². The highest BCUT2D eigenvalue weighted by atomic mass is 32.1. The largest absolute Gasteiger partial charge is 0.303 e. The van der Waals surface area contributed by atoms with Crippen molar-refractivity contribution in [3.63, 3.8) is 0 Å². The Morgan fingerprint density at radius 3 is 2.91 bits per heavy atom. The molecule has 0 atom stereocenters. The Morgan fingerprint density at radius 1 is 1.73 bits per heavy atom. The number of rotatable bonds is 3. The minimum atomic E-state index is 0.534. The molecule has 0 N–H and O–H groups in total. The fourth-order valence-electron chi connectivity index (χ4n) is 0.722. The number of nitrogens with zero attached hydrogens (tertiary/aromatic N) is 2. The first-order valence-corrected chi connectivity index (χ1v) is 4.14. The van der Waals surface area contributed by atoms with Crippen molar-refractivity contribution in [1.82, 2.24) is 9.88 Å². The standard InChI is InChI=1S/C7H10N2OS/c1-9(2)3-7-8-6(4-10)5-11-7/h4-5H,3H2,1-2H3. The predicted molar refractivity (Wildman–Crippen MR) is 44.9 cm³/mol. The number of aromatic nitrogens is 1. The highest BCUT2D eigenvalue weighted by molar-refractivity contribution is 7.09. The monoisotopic (exact) mass is 170 g/mol. The van der Waals surface area contributed by atoms with Crippen LogP contribution in [0.2, 0.25) is 0 Å². The van der Waals surface area contributed by atoms with E-state index in [0.717, 1.165) is 17.8 Å². The van der Waals surface area contributed by atoms with Gasteiger partial charge in [0.05, 0.1) is 0 Å². The van der Waals surface area contributed by atoms with Crippen LogP contribution in [0.25, 0.3) is 0 Å². The molecule has 11 heavy (non-hydrogen) atoms. The molecule has 0 aromatic carbocycles. The van der Waals surface area contributed by atoms with Gasteiger partial charge in [-0.05, 0) is 14.1 Å². The van der Waals surface area contributed by atoms with Gasteiger partial charge < -0.3 is 4.90 Å². The number of thiazole rings is 1. The summed E-state index contributed by atoms with van der Waals surface area (Å²) in [5.41, 5.74) is 0.534. The van der Waals surface area contributed by atoms with Gasteiger partial charge in [-0.1, -0.05) is 0 Å². The Bertz CT molecular complexity index is 244. The molecular formula is C7H10N2OS. The molecule has 0 fully saturated rings. The topological polar surface area (TPSA) is 33.2 Å². The molecule has 0 saturated heterocycles. The smallest absolute Gasteiger partial charge is 0.169 e. The molecule has 0 amide bonds. The van der Waals surface area contributed by atoms with Gasteiger partial charge in [0, 0.05) is 11.9 Å². The van der Waals surface area contributed by atoms with E-state index in [4.69, 9.17) is 0 Å². The molecule has 0 aliphatic heterocycles. The van der Waals surface area contributed by atoms with Crippen LogP contribution in [0, 0.1) is 0 Å². The third-order valence-electron chi connectivity index (χ3n) is 1.14. The Labute approximate surface area is 69.7 Å². The maximum absolute atomic E-state index is 10.2. The van der Waals surface area contributed by atoms with Crippen LogP contribution < -0.4 is 0 Å². The average Bonchev–Trinajstić information content (AvgIpc) is 2.34. The van der Waals surface area contributed by atoms with Crippen LogP contribution >= 0.6 is 11.3 Å². The van der Waals surface area contributed by atoms with Crippen LogP contribution in [0.1, 0.15) is 15.5 Å². The molecule has 1 aromatic heterocycles. The summed E-state index contributed by atoms with van der Waals surface area (Å²) in [6.07, 6.45) is 0.773. The molecule has 0 unspecified atom stereocenters. The number of hydrogen-bond acceptors (Lipinski definition) is 4. The molecule has 0 aliphatic carbocycles. The van der Waals surface area contributed by atoms with Gasteiger partial charge in [0.15, 0.2) is 6.29 Å². The quantitative estimate of drug-likeness (QED) is 0.635. The third-order valence-corrected chi connectivity index (χ3v) is 1.99. The van der Waals surface area contributed by atoms with Gasteiger partial charge in [-0.15, -0.1) is 11.3 Å². The summed E-state index contributed by atoms with van der Waals surface area (Å²) in [5.74, 6) is 0. The molecule has 0 spiro atoms. The van der Waals surface area contributed by atoms with Gasteiger partial charge in [-0.3, -0.25) is 4.79 Å². The number of hydrogen-bond donors (Lipinski definition) is 0. The van der Waals surface area contributed by atoms with E-state index in [-0.39, 0.29) is 0 Å². The highest BCUT2D eigenvalue weighted by Crippen LogP contribution is 2.08. The Balaban J connectivity index is 2.65. The summed E-state index contributed by atoms with van der Waals surface area (Å²) >= 11 is 1.52. The Morgan fingerprint density at radius 2 is 2.45 bits per heavy atom. The van der Waals surface area contributed by atoms with Gasteiger partial charge in [0.25, 0.3) is 0 Å². The van der Waals surface area contributed by atoms with E-state index < -0.39 is 0 Å². The Kier molecular flexibility index (Phi) is 2.73. The summed E-state index contributed by atoms with van der Waals surface area (Å²) in [4.78, 5) is 16.3. The fourth-order valence-corrected chi connectivity index (χ4v) is 1.58. The first-order valence-electron chi connectivity index (χ1n) is 3.26. The van der Waals surface area contributed by atoms with Crippen molar-refractivity contribution in [2.45, 2.75) is 6.54 Å². The molecule has 0 saturated carbocycles. The van der Waals surface area contributed by atoms with Crippen molar-refractivity contribution in [3.8, 4) is 0 Å². The minimum Gasteiger partial charge on any atom is -0.303 e. The zero-order valence-electron chi connectivity index (χ0n) is 6.57. The molecule has 3 nitrogen and oxygen atoms in total. The zero-order chi connectivity index (χ0) is 8.27. The first-order chi connectivity index (χ1) is 5.22. The maximum Gasteiger partial charge on any atom is 0.169 e. The number of carbonyl (C=O) groups excluding carboxylic acids is 1. The summed E-state index contributed by atoms with van der Waals surface area (Å²) in [5, 5.41) is 2.75. The number of aldehydes is 1. The second kappa shape index (κ2) is 3.59. The molecule has 0 bridgehead atoms. The molecule has 60 valence electrons. The number of carbonyl (C=O) groups is 1. The van der Waals surface area contributed by atoms with Crippen LogP contribution in [-0.4, -0.2) is 30.3 Å². The normalized spacial score (nSPS) is 10.5. The summed E-state index contributed by atoms with van der Waals surface area (Å²) in [6.45, 7) is 0.804. The van der Waals surface area contributed by atoms with Crippen molar-refractivity contribution < 1.29 is 4.79 Å². The van der Waals surface area contributed by atoms with Crippen LogP contribution in [0.15, 0.2) is 5.38 Å². The minimum absolute atomic E-state index is 0.534. The second-order valence-corrected chi connectivity index (χ2v) is 3.46. The van der Waals surface area contributed by atoms with Crippen molar-refractivity contribution in [2.75, 3.05) is 14.1 Å². The fraction of sp³-hybridized carbons (Fsp3) is 0.429. The van der Waals surface area contributed by atoms with E-state index in [1.807, 2.05) is 19.0 Å². The van der Waals surface area contributed by atoms with E-state index >= 15 is 0 Å². The van der Waals surface area contributed by atoms with Crippen LogP contribution in [0.3, 0.4) is 0 Å². The van der Waals surface area contributed by atoms with Crippen LogP contribution in [0.5, 0.6) is 0 Å². The molecule has 1 heterocycles. The second-order valence-electron chi connectivity index (χ2n) is 2.52. The summed E-state index contributed by atoms with van der Waals surface area (Å²) in [7, 11) is 3.95. The van der Waals surface area contributed by atoms with E-state index in [1.165, 1.54) is 11.3 Å². The molecule has 1 aromatic rings. The van der Waals surface area contributed by atoms with Gasteiger partial charge in [-0.25, -0.2) is 4.98 Å². The van der Waals surface area contributed by atoms with E-state index in [0.29, 0.717) is 5.69 Å². The van der Waals surface area contributed by atoms with Gasteiger partial charge in [0.2, 0.25) is 0 Å². The third kappa shape index (κ3) is 2.40. The van der Waals surface area contributed by atoms with Gasteiger partial charge in [-0.2, -0.15) is 0 Å². The van der Waals surface area contributed by atoms with Crippen molar-refractivity contribution >= 4 is 17.6 Å². The molecule has 4 heteroatoms. The molecule has 0 radical (unpaired) electrons. The van der Waals surface area contributed by atoms with E-state index in [2.05, 4.69) is 4.98 Å². The molecular weight excluding hydrogens is 160 g/mol. The SMILES string of the molecule is CN(C)Cc1nc(C=O)cs1. The van der Waals surface area contributed by atoms with Crippen LogP contribution in [-0.2, 0) is 6.54 Å². The summed E-state index contributed by atoms with van der Waals surface area (Å²) in [6, 6.07) is 0.